The molecule has 1 amide bonds. The van der Waals surface area contributed by atoms with Crippen molar-refractivity contribution in [3.05, 3.63) is 54.1 Å². The molecule has 1 aliphatic heterocycles. The molecule has 0 atom stereocenters. The molecule has 2 aromatic heterocycles. The van der Waals surface area contributed by atoms with Gasteiger partial charge in [-0.2, -0.15) is 5.26 Å². The van der Waals surface area contributed by atoms with Gasteiger partial charge in [-0.15, -0.1) is 0 Å². The lowest BCUT2D eigenvalue weighted by molar-refractivity contribution is 0.0700. The minimum absolute atomic E-state index is 0.0412. The molecular weight excluding hydrogens is 316 g/mol. The summed E-state index contributed by atoms with van der Waals surface area (Å²) in [5, 5.41) is 10.1. The van der Waals surface area contributed by atoms with E-state index >= 15 is 0 Å². The normalized spacial score (nSPS) is 14.2. The highest BCUT2D eigenvalue weighted by Gasteiger charge is 2.35. The Morgan fingerprint density at radius 1 is 1.32 bits per heavy atom. The first-order chi connectivity index (χ1) is 12.2. The zero-order chi connectivity index (χ0) is 17.4. The summed E-state index contributed by atoms with van der Waals surface area (Å²) in [5.41, 5.74) is 1.85. The molecule has 25 heavy (non-hydrogen) atoms. The van der Waals surface area contributed by atoms with Crippen molar-refractivity contribution >= 4 is 22.6 Å². The van der Waals surface area contributed by atoms with Crippen LogP contribution < -0.4 is 4.90 Å². The number of nitriles is 1. The van der Waals surface area contributed by atoms with E-state index < -0.39 is 0 Å². The third-order valence-electron chi connectivity index (χ3n) is 4.58. The van der Waals surface area contributed by atoms with E-state index in [1.165, 1.54) is 6.20 Å². The van der Waals surface area contributed by atoms with E-state index in [4.69, 9.17) is 5.26 Å². The number of benzene rings is 1. The number of aromatic nitrogens is 3. The number of H-pyrrole nitrogens is 1. The summed E-state index contributed by atoms with van der Waals surface area (Å²) in [6.45, 7) is 1.27. The fourth-order valence-corrected chi connectivity index (χ4v) is 3.06. The summed E-state index contributed by atoms with van der Waals surface area (Å²) in [6, 6.07) is 11.8. The first kappa shape index (κ1) is 15.1. The highest BCUT2D eigenvalue weighted by molar-refractivity contribution is 5.98. The number of amides is 1. The second kappa shape index (κ2) is 5.91. The van der Waals surface area contributed by atoms with Gasteiger partial charge >= 0.3 is 0 Å². The number of rotatable bonds is 3. The van der Waals surface area contributed by atoms with Crippen molar-refractivity contribution in [2.45, 2.75) is 6.04 Å². The summed E-state index contributed by atoms with van der Waals surface area (Å²) in [4.78, 5) is 27.8. The lowest BCUT2D eigenvalue weighted by Crippen LogP contribution is -2.60. The van der Waals surface area contributed by atoms with Gasteiger partial charge in [0.1, 0.15) is 11.8 Å². The number of carbonyl (C=O) groups excluding carboxylic acids is 1. The Hall–Kier alpha value is -3.40. The van der Waals surface area contributed by atoms with Gasteiger partial charge in [0.2, 0.25) is 0 Å². The maximum absolute atomic E-state index is 12.7. The van der Waals surface area contributed by atoms with Crippen molar-refractivity contribution in [1.29, 1.82) is 5.26 Å². The number of carbonyl (C=O) groups is 1. The molecule has 0 radical (unpaired) electrons. The fraction of sp³-hybridized carbons (Fsp3) is 0.222. The first-order valence-electron chi connectivity index (χ1n) is 7.98. The molecule has 1 aromatic carbocycles. The summed E-state index contributed by atoms with van der Waals surface area (Å²) in [6.07, 6.45) is 3.08. The molecule has 7 heteroatoms. The van der Waals surface area contributed by atoms with E-state index in [0.29, 0.717) is 30.3 Å². The molecule has 1 aliphatic rings. The molecule has 7 nitrogen and oxygen atoms in total. The number of hydrogen-bond acceptors (Lipinski definition) is 5. The topological polar surface area (TPSA) is 88.9 Å². The third kappa shape index (κ3) is 2.58. The van der Waals surface area contributed by atoms with Crippen LogP contribution in [0, 0.1) is 11.3 Å². The highest BCUT2D eigenvalue weighted by Crippen LogP contribution is 2.24. The van der Waals surface area contributed by atoms with E-state index in [1.54, 1.807) is 18.1 Å². The van der Waals surface area contributed by atoms with Crippen molar-refractivity contribution in [3.8, 4) is 6.07 Å². The number of nitrogens with one attached hydrogen (secondary N) is 1. The second-order valence-corrected chi connectivity index (χ2v) is 6.09. The summed E-state index contributed by atoms with van der Waals surface area (Å²) in [5.74, 6) is 0.535. The molecule has 0 bridgehead atoms. The minimum atomic E-state index is -0.0412. The van der Waals surface area contributed by atoms with Gasteiger partial charge in [0, 0.05) is 43.4 Å². The predicted molar refractivity (Wildman–Crippen MR) is 93.1 cm³/mol. The molecule has 0 spiro atoms. The van der Waals surface area contributed by atoms with Crippen LogP contribution in [-0.2, 0) is 0 Å². The monoisotopic (exact) mass is 332 g/mol. The van der Waals surface area contributed by atoms with Crippen molar-refractivity contribution in [2.24, 2.45) is 0 Å². The van der Waals surface area contributed by atoms with Crippen molar-refractivity contribution in [2.75, 3.05) is 25.0 Å². The molecule has 4 rings (SSSR count). The van der Waals surface area contributed by atoms with E-state index in [2.05, 4.69) is 21.0 Å². The third-order valence-corrected chi connectivity index (χ3v) is 4.58. The molecule has 124 valence electrons. The average Bonchev–Trinajstić information content (AvgIpc) is 3.04. The van der Waals surface area contributed by atoms with Gasteiger partial charge in [-0.3, -0.25) is 4.79 Å². The predicted octanol–water partition coefficient (Wildman–Crippen LogP) is 1.79. The zero-order valence-corrected chi connectivity index (χ0v) is 13.7. The Kier molecular flexibility index (Phi) is 3.58. The Morgan fingerprint density at radius 2 is 2.08 bits per heavy atom. The Labute approximate surface area is 144 Å². The molecule has 1 saturated heterocycles. The maximum atomic E-state index is 12.7. The summed E-state index contributed by atoms with van der Waals surface area (Å²) >= 11 is 0. The van der Waals surface area contributed by atoms with E-state index in [9.17, 15) is 4.79 Å². The number of likely N-dealkylation sites (N-methyl/N-ethyl adjacent to an activating group) is 1. The lowest BCUT2D eigenvalue weighted by Gasteiger charge is -2.44. The minimum Gasteiger partial charge on any atom is -0.351 e. The molecule has 3 aromatic rings. The molecule has 0 saturated carbocycles. The van der Waals surface area contributed by atoms with Crippen molar-refractivity contribution in [1.82, 2.24) is 19.9 Å². The molecular formula is C18H16N6O. The van der Waals surface area contributed by atoms with Gasteiger partial charge in [0.15, 0.2) is 11.5 Å². The van der Waals surface area contributed by atoms with Crippen LogP contribution in [0.5, 0.6) is 0 Å². The van der Waals surface area contributed by atoms with Crippen molar-refractivity contribution in [3.63, 3.8) is 0 Å². The van der Waals surface area contributed by atoms with Crippen LogP contribution in [0.25, 0.3) is 10.9 Å². The average molecular weight is 332 g/mol. The first-order valence-corrected chi connectivity index (χ1v) is 7.98. The van der Waals surface area contributed by atoms with E-state index in [0.717, 1.165) is 10.9 Å². The quantitative estimate of drug-likeness (QED) is 0.790. The van der Waals surface area contributed by atoms with E-state index in [-0.39, 0.29) is 11.9 Å². The maximum Gasteiger partial charge on any atom is 0.270 e. The summed E-state index contributed by atoms with van der Waals surface area (Å²) in [7, 11) is 1.80. The fourth-order valence-electron chi connectivity index (χ4n) is 3.06. The van der Waals surface area contributed by atoms with Gasteiger partial charge in [-0.05, 0) is 12.1 Å². The largest absolute Gasteiger partial charge is 0.351 e. The Bertz CT molecular complexity index is 949. The number of anilines is 1. The van der Waals surface area contributed by atoms with Crippen molar-refractivity contribution < 1.29 is 4.79 Å². The van der Waals surface area contributed by atoms with Gasteiger partial charge in [-0.25, -0.2) is 9.97 Å². The standard InChI is InChI=1S/C18H16N6O/c1-23(18(25)15-8-12-4-2-3-5-14(12)22-15)13-10-24(11-13)17-16(9-19)20-6-7-21-17/h2-8,13,22H,10-11H2,1H3. The number of para-hydroxylation sites is 1. The number of nitrogens with zero attached hydrogens (tertiary/aromatic N) is 5. The summed E-state index contributed by atoms with van der Waals surface area (Å²) < 4.78 is 0. The zero-order valence-electron chi connectivity index (χ0n) is 13.7. The molecule has 3 heterocycles. The number of fused-ring (bicyclic) bond motifs is 1. The van der Waals surface area contributed by atoms with Crippen LogP contribution in [0.3, 0.4) is 0 Å². The van der Waals surface area contributed by atoms with Gasteiger partial charge in [0.05, 0.1) is 6.04 Å². The van der Waals surface area contributed by atoms with Crippen LogP contribution in [0.4, 0.5) is 5.82 Å². The van der Waals surface area contributed by atoms with Gasteiger partial charge < -0.3 is 14.8 Å². The van der Waals surface area contributed by atoms with E-state index in [1.807, 2.05) is 35.2 Å². The molecule has 1 N–H and O–H groups in total. The van der Waals surface area contributed by atoms with Crippen LogP contribution in [-0.4, -0.2) is 51.9 Å². The molecule has 0 unspecified atom stereocenters. The molecule has 0 aliphatic carbocycles. The number of aromatic amines is 1. The second-order valence-electron chi connectivity index (χ2n) is 6.09. The molecule has 1 fully saturated rings. The van der Waals surface area contributed by atoms with Crippen LogP contribution in [0.1, 0.15) is 16.2 Å². The Balaban J connectivity index is 1.47. The SMILES string of the molecule is CN(C(=O)c1cc2ccccc2[nH]1)C1CN(c2nccnc2C#N)C1. The van der Waals surface area contributed by atoms with Gasteiger partial charge in [-0.1, -0.05) is 18.2 Å². The van der Waals surface area contributed by atoms with Gasteiger partial charge in [0.25, 0.3) is 5.91 Å². The van der Waals surface area contributed by atoms with Crippen LogP contribution in [0.15, 0.2) is 42.7 Å². The van der Waals surface area contributed by atoms with Crippen LogP contribution in [0.2, 0.25) is 0 Å². The Morgan fingerprint density at radius 3 is 2.84 bits per heavy atom. The highest BCUT2D eigenvalue weighted by atomic mass is 16.2. The van der Waals surface area contributed by atoms with Crippen LogP contribution >= 0.6 is 0 Å². The smallest absolute Gasteiger partial charge is 0.270 e. The lowest BCUT2D eigenvalue weighted by atomic mass is 10.1. The number of hydrogen-bond donors (Lipinski definition) is 1.